The predicted octanol–water partition coefficient (Wildman–Crippen LogP) is 3.91. The summed E-state index contributed by atoms with van der Waals surface area (Å²) >= 11 is 1.77. The lowest BCUT2D eigenvalue weighted by Gasteiger charge is -2.13. The van der Waals surface area contributed by atoms with E-state index in [0.717, 1.165) is 36.3 Å². The second-order valence-corrected chi connectivity index (χ2v) is 6.67. The highest BCUT2D eigenvalue weighted by Gasteiger charge is 2.17. The maximum Gasteiger partial charge on any atom is 0.185 e. The molecule has 0 radical (unpaired) electrons. The van der Waals surface area contributed by atoms with Crippen molar-refractivity contribution in [3.63, 3.8) is 0 Å². The molecule has 0 aromatic carbocycles. The Morgan fingerprint density at radius 1 is 1.38 bits per heavy atom. The van der Waals surface area contributed by atoms with E-state index < -0.39 is 0 Å². The summed E-state index contributed by atoms with van der Waals surface area (Å²) in [6.45, 7) is 11.1. The fourth-order valence-corrected chi connectivity index (χ4v) is 3.35. The topological polar surface area (TPSA) is 41.3 Å². The fourth-order valence-electron chi connectivity index (χ4n) is 2.20. The molecule has 0 aliphatic heterocycles. The van der Waals surface area contributed by atoms with Crippen molar-refractivity contribution < 1.29 is 4.42 Å². The summed E-state index contributed by atoms with van der Waals surface area (Å²) in [5.74, 6) is 2.38. The monoisotopic (exact) mass is 307 g/mol. The van der Waals surface area contributed by atoms with Crippen LogP contribution in [0.2, 0.25) is 0 Å². The fraction of sp³-hybridized carbons (Fsp3) is 0.562. The number of nitrogens with zero attached hydrogens (tertiary/aromatic N) is 2. The lowest BCUT2D eigenvalue weighted by Crippen LogP contribution is -2.15. The van der Waals surface area contributed by atoms with E-state index in [0.29, 0.717) is 5.92 Å². The van der Waals surface area contributed by atoms with Gasteiger partial charge in [0.05, 0.1) is 12.2 Å². The molecule has 0 amide bonds. The van der Waals surface area contributed by atoms with Crippen LogP contribution < -0.4 is 10.2 Å². The number of hydrogen-bond donors (Lipinski definition) is 1. The molecule has 0 bridgehead atoms. The Kier molecular flexibility index (Phi) is 5.42. The Hall–Kier alpha value is -1.33. The lowest BCUT2D eigenvalue weighted by atomic mass is 10.1. The van der Waals surface area contributed by atoms with Gasteiger partial charge in [-0.15, -0.1) is 11.3 Å². The molecule has 116 valence electrons. The number of aromatic nitrogens is 1. The number of anilines is 1. The van der Waals surface area contributed by atoms with Gasteiger partial charge in [-0.1, -0.05) is 20.8 Å². The number of rotatable bonds is 7. The van der Waals surface area contributed by atoms with E-state index in [-0.39, 0.29) is 0 Å². The molecule has 0 saturated heterocycles. The summed E-state index contributed by atoms with van der Waals surface area (Å²) in [5, 5.41) is 4.45. The van der Waals surface area contributed by atoms with Crippen LogP contribution in [0.15, 0.2) is 16.5 Å². The molecule has 0 aliphatic carbocycles. The quantitative estimate of drug-likeness (QED) is 0.842. The Labute approximate surface area is 131 Å². The minimum absolute atomic E-state index is 0.447. The van der Waals surface area contributed by atoms with Gasteiger partial charge in [0.1, 0.15) is 11.5 Å². The van der Waals surface area contributed by atoms with Gasteiger partial charge >= 0.3 is 0 Å². The summed E-state index contributed by atoms with van der Waals surface area (Å²) in [7, 11) is 2.07. The van der Waals surface area contributed by atoms with Gasteiger partial charge in [0.25, 0.3) is 0 Å². The number of nitrogens with one attached hydrogen (secondary N) is 1. The second-order valence-electron chi connectivity index (χ2n) is 5.61. The molecule has 1 N–H and O–H groups in total. The third kappa shape index (κ3) is 4.08. The van der Waals surface area contributed by atoms with E-state index in [1.165, 1.54) is 10.6 Å². The lowest BCUT2D eigenvalue weighted by molar-refractivity contribution is 0.481. The first kappa shape index (κ1) is 16.0. The van der Waals surface area contributed by atoms with E-state index in [1.54, 1.807) is 11.3 Å². The van der Waals surface area contributed by atoms with E-state index in [4.69, 9.17) is 9.40 Å². The van der Waals surface area contributed by atoms with E-state index in [9.17, 15) is 0 Å². The molecule has 0 aliphatic rings. The van der Waals surface area contributed by atoms with Crippen LogP contribution in [0.3, 0.4) is 0 Å². The maximum absolute atomic E-state index is 5.65. The molecular formula is C16H25N3OS. The molecule has 4 nitrogen and oxygen atoms in total. The van der Waals surface area contributed by atoms with Gasteiger partial charge in [-0.05, 0) is 31.5 Å². The van der Waals surface area contributed by atoms with Gasteiger partial charge in [-0.2, -0.15) is 0 Å². The average Bonchev–Trinajstić information content (AvgIpc) is 3.03. The molecule has 0 atom stereocenters. The molecule has 2 aromatic heterocycles. The van der Waals surface area contributed by atoms with Crippen LogP contribution in [-0.4, -0.2) is 18.6 Å². The molecule has 0 saturated carbocycles. The van der Waals surface area contributed by atoms with Crippen molar-refractivity contribution in [2.45, 2.75) is 46.7 Å². The van der Waals surface area contributed by atoms with Crippen molar-refractivity contribution in [3.05, 3.63) is 34.2 Å². The van der Waals surface area contributed by atoms with Crippen LogP contribution in [0.25, 0.3) is 0 Å². The highest BCUT2D eigenvalue weighted by Crippen LogP contribution is 2.31. The highest BCUT2D eigenvalue weighted by molar-refractivity contribution is 7.15. The molecular weight excluding hydrogens is 282 g/mol. The SMILES string of the molecule is CCNCc1sc(N(C)Cc2ccc(C)o2)nc1C(C)C. The van der Waals surface area contributed by atoms with Crippen LogP contribution in [0.5, 0.6) is 0 Å². The summed E-state index contributed by atoms with van der Waals surface area (Å²) in [4.78, 5) is 8.32. The summed E-state index contributed by atoms with van der Waals surface area (Å²) in [5.41, 5.74) is 1.21. The Bertz CT molecular complexity index is 574. The zero-order valence-electron chi connectivity index (χ0n) is 13.6. The zero-order chi connectivity index (χ0) is 15.4. The van der Waals surface area contributed by atoms with Gasteiger partial charge in [-0.3, -0.25) is 0 Å². The van der Waals surface area contributed by atoms with Crippen molar-refractivity contribution in [2.24, 2.45) is 0 Å². The highest BCUT2D eigenvalue weighted by atomic mass is 32.1. The van der Waals surface area contributed by atoms with Gasteiger partial charge < -0.3 is 14.6 Å². The summed E-state index contributed by atoms with van der Waals surface area (Å²) in [6, 6.07) is 4.03. The number of hydrogen-bond acceptors (Lipinski definition) is 5. The minimum Gasteiger partial charge on any atom is -0.464 e. The Morgan fingerprint density at radius 3 is 2.71 bits per heavy atom. The van der Waals surface area contributed by atoms with Crippen LogP contribution in [-0.2, 0) is 13.1 Å². The second kappa shape index (κ2) is 7.09. The van der Waals surface area contributed by atoms with Crippen LogP contribution in [0.4, 0.5) is 5.13 Å². The molecule has 2 heterocycles. The number of aryl methyl sites for hydroxylation is 1. The first-order valence-electron chi connectivity index (χ1n) is 7.48. The van der Waals surface area contributed by atoms with Crippen LogP contribution >= 0.6 is 11.3 Å². The van der Waals surface area contributed by atoms with Crippen molar-refractivity contribution in [1.29, 1.82) is 0 Å². The van der Waals surface area contributed by atoms with E-state index in [1.807, 2.05) is 19.1 Å². The van der Waals surface area contributed by atoms with Crippen LogP contribution in [0.1, 0.15) is 48.8 Å². The normalized spacial score (nSPS) is 11.3. The van der Waals surface area contributed by atoms with E-state index >= 15 is 0 Å². The van der Waals surface area contributed by atoms with Crippen molar-refractivity contribution >= 4 is 16.5 Å². The van der Waals surface area contributed by atoms with Crippen molar-refractivity contribution in [1.82, 2.24) is 10.3 Å². The third-order valence-corrected chi connectivity index (χ3v) is 4.50. The zero-order valence-corrected chi connectivity index (χ0v) is 14.4. The van der Waals surface area contributed by atoms with Crippen LogP contribution in [0, 0.1) is 6.92 Å². The molecule has 2 aromatic rings. The molecule has 0 spiro atoms. The average molecular weight is 307 g/mol. The van der Waals surface area contributed by atoms with Crippen molar-refractivity contribution in [2.75, 3.05) is 18.5 Å². The van der Waals surface area contributed by atoms with Gasteiger partial charge in [-0.25, -0.2) is 4.98 Å². The standard InChI is InChI=1S/C16H25N3OS/c1-6-17-9-14-15(11(2)3)18-16(21-14)19(5)10-13-8-7-12(4)20-13/h7-8,11,17H,6,9-10H2,1-5H3. The Morgan fingerprint density at radius 2 is 2.14 bits per heavy atom. The van der Waals surface area contributed by atoms with Gasteiger partial charge in [0, 0.05) is 18.5 Å². The van der Waals surface area contributed by atoms with Crippen molar-refractivity contribution in [3.8, 4) is 0 Å². The molecule has 5 heteroatoms. The van der Waals surface area contributed by atoms with Gasteiger partial charge in [0.2, 0.25) is 0 Å². The molecule has 2 rings (SSSR count). The minimum atomic E-state index is 0.447. The first-order valence-corrected chi connectivity index (χ1v) is 8.29. The molecule has 0 unspecified atom stereocenters. The first-order chi connectivity index (χ1) is 10.0. The summed E-state index contributed by atoms with van der Waals surface area (Å²) in [6.07, 6.45) is 0. The predicted molar refractivity (Wildman–Crippen MR) is 89.1 cm³/mol. The van der Waals surface area contributed by atoms with Gasteiger partial charge in [0.15, 0.2) is 5.13 Å². The smallest absolute Gasteiger partial charge is 0.185 e. The maximum atomic E-state index is 5.65. The third-order valence-electron chi connectivity index (χ3n) is 3.31. The molecule has 21 heavy (non-hydrogen) atoms. The van der Waals surface area contributed by atoms with E-state index in [2.05, 4.69) is 38.0 Å². The largest absolute Gasteiger partial charge is 0.464 e. The number of thiazole rings is 1. The summed E-state index contributed by atoms with van der Waals surface area (Å²) < 4.78 is 5.65. The Balaban J connectivity index is 2.14. The number of furan rings is 1. The molecule has 0 fully saturated rings.